The van der Waals surface area contributed by atoms with E-state index < -0.39 is 11.7 Å². The summed E-state index contributed by atoms with van der Waals surface area (Å²) in [7, 11) is 0. The molecule has 0 saturated carbocycles. The summed E-state index contributed by atoms with van der Waals surface area (Å²) >= 11 is 1.30. The Morgan fingerprint density at radius 3 is 2.77 bits per heavy atom. The number of nitrogens with one attached hydrogen (secondary N) is 1. The Balaban J connectivity index is 1.46. The van der Waals surface area contributed by atoms with Crippen LogP contribution in [0.3, 0.4) is 0 Å². The molecular weight excluding hydrogens is 407 g/mol. The molecule has 30 heavy (non-hydrogen) atoms. The number of rotatable bonds is 6. The largest absolute Gasteiger partial charge is 0.481 e. The van der Waals surface area contributed by atoms with E-state index in [4.69, 9.17) is 4.74 Å². The minimum Gasteiger partial charge on any atom is -0.481 e. The van der Waals surface area contributed by atoms with Crippen LogP contribution >= 0.6 is 11.3 Å². The normalized spacial score (nSPS) is 10.9. The number of ether oxygens (including phenoxy) is 1. The molecule has 0 atom stereocenters. The van der Waals surface area contributed by atoms with E-state index in [0.29, 0.717) is 15.7 Å². The molecule has 1 amide bonds. The Morgan fingerprint density at radius 1 is 1.20 bits per heavy atom. The highest BCUT2D eigenvalue weighted by Gasteiger charge is 2.13. The first-order valence-corrected chi connectivity index (χ1v) is 9.93. The number of carbonyl (C=O) groups excluding carboxylic acids is 1. The molecule has 0 saturated heterocycles. The average Bonchev–Trinajstić information content (AvgIpc) is 3.16. The van der Waals surface area contributed by atoms with Crippen LogP contribution in [0.15, 0.2) is 59.4 Å². The van der Waals surface area contributed by atoms with Crippen LogP contribution in [0.25, 0.3) is 15.5 Å². The highest BCUT2D eigenvalue weighted by Crippen LogP contribution is 2.26. The van der Waals surface area contributed by atoms with Crippen molar-refractivity contribution in [1.82, 2.24) is 19.9 Å². The summed E-state index contributed by atoms with van der Waals surface area (Å²) in [5, 5.41) is 7.68. The molecule has 0 unspecified atom stereocenters. The van der Waals surface area contributed by atoms with E-state index in [1.165, 1.54) is 40.1 Å². The number of benzene rings is 2. The van der Waals surface area contributed by atoms with Gasteiger partial charge in [0.2, 0.25) is 4.96 Å². The molecule has 9 heteroatoms. The van der Waals surface area contributed by atoms with Crippen LogP contribution in [0.5, 0.6) is 5.75 Å². The highest BCUT2D eigenvalue weighted by molar-refractivity contribution is 7.19. The van der Waals surface area contributed by atoms with Gasteiger partial charge < -0.3 is 10.1 Å². The van der Waals surface area contributed by atoms with E-state index in [2.05, 4.69) is 15.4 Å². The van der Waals surface area contributed by atoms with Gasteiger partial charge in [0.05, 0.1) is 12.2 Å². The predicted molar refractivity (Wildman–Crippen MR) is 111 cm³/mol. The monoisotopic (exact) mass is 424 g/mol. The molecule has 4 aromatic rings. The number of aromatic nitrogens is 3. The second-order valence-corrected chi connectivity index (χ2v) is 7.45. The maximum absolute atomic E-state index is 13.5. The number of fused-ring (bicyclic) bond motifs is 1. The molecule has 2 aromatic heterocycles. The van der Waals surface area contributed by atoms with Crippen molar-refractivity contribution in [3.63, 3.8) is 0 Å². The van der Waals surface area contributed by atoms with Gasteiger partial charge in [-0.2, -0.15) is 9.61 Å². The predicted octanol–water partition coefficient (Wildman–Crippen LogP) is 2.96. The SMILES string of the molecule is Cc1ccccc1-c1nn2c(=O)cc(CNC(=O)COc3ccccc3F)nc2s1. The number of nitrogens with zero attached hydrogens (tertiary/aromatic N) is 3. The summed E-state index contributed by atoms with van der Waals surface area (Å²) in [5.74, 6) is -0.996. The lowest BCUT2D eigenvalue weighted by molar-refractivity contribution is -0.123. The molecule has 2 heterocycles. The fourth-order valence-electron chi connectivity index (χ4n) is 2.81. The summed E-state index contributed by atoms with van der Waals surface area (Å²) in [4.78, 5) is 29.3. The number of amides is 1. The summed E-state index contributed by atoms with van der Waals surface area (Å²) < 4.78 is 19.9. The first-order valence-electron chi connectivity index (χ1n) is 9.11. The van der Waals surface area contributed by atoms with Crippen LogP contribution in [-0.4, -0.2) is 27.1 Å². The van der Waals surface area contributed by atoms with Crippen molar-refractivity contribution >= 4 is 22.2 Å². The molecule has 152 valence electrons. The summed E-state index contributed by atoms with van der Waals surface area (Å²) in [5.41, 5.74) is 2.06. The minimum absolute atomic E-state index is 0.00108. The van der Waals surface area contributed by atoms with E-state index in [1.807, 2.05) is 31.2 Å². The standard InChI is InChI=1S/C21H17FN4O3S/c1-13-6-2-3-7-15(13)20-25-26-19(28)10-14(24-21(26)30-20)11-23-18(27)12-29-17-9-5-4-8-16(17)22/h2-10H,11-12H2,1H3,(H,23,27). The molecule has 0 aliphatic rings. The zero-order valence-electron chi connectivity index (χ0n) is 16.0. The van der Waals surface area contributed by atoms with Crippen molar-refractivity contribution in [3.05, 3.63) is 82.0 Å². The van der Waals surface area contributed by atoms with Gasteiger partial charge in [0.25, 0.3) is 11.5 Å². The smallest absolute Gasteiger partial charge is 0.275 e. The number of halogens is 1. The second-order valence-electron chi connectivity index (χ2n) is 6.50. The van der Waals surface area contributed by atoms with Crippen LogP contribution in [0.1, 0.15) is 11.3 Å². The van der Waals surface area contributed by atoms with Gasteiger partial charge in [-0.3, -0.25) is 9.59 Å². The first-order chi connectivity index (χ1) is 14.5. The Kier molecular flexibility index (Phi) is 5.53. The van der Waals surface area contributed by atoms with Crippen molar-refractivity contribution in [1.29, 1.82) is 0 Å². The molecule has 1 N–H and O–H groups in total. The van der Waals surface area contributed by atoms with Crippen molar-refractivity contribution in [2.45, 2.75) is 13.5 Å². The van der Waals surface area contributed by atoms with Crippen LogP contribution in [0.2, 0.25) is 0 Å². The summed E-state index contributed by atoms with van der Waals surface area (Å²) in [6.45, 7) is 1.67. The van der Waals surface area contributed by atoms with Crippen LogP contribution in [0.4, 0.5) is 4.39 Å². The zero-order valence-corrected chi connectivity index (χ0v) is 16.8. The second kappa shape index (κ2) is 8.42. The van der Waals surface area contributed by atoms with Gasteiger partial charge in [-0.05, 0) is 24.6 Å². The molecule has 4 rings (SSSR count). The van der Waals surface area contributed by atoms with Crippen molar-refractivity contribution in [3.8, 4) is 16.3 Å². The third kappa shape index (κ3) is 4.20. The van der Waals surface area contributed by atoms with Gasteiger partial charge in [-0.1, -0.05) is 47.7 Å². The first kappa shape index (κ1) is 19.7. The van der Waals surface area contributed by atoms with Crippen LogP contribution in [0, 0.1) is 12.7 Å². The lowest BCUT2D eigenvalue weighted by atomic mass is 10.1. The van der Waals surface area contributed by atoms with Crippen LogP contribution < -0.4 is 15.6 Å². The van der Waals surface area contributed by atoms with Gasteiger partial charge >= 0.3 is 0 Å². The Bertz CT molecular complexity index is 1280. The Morgan fingerprint density at radius 2 is 1.97 bits per heavy atom. The average molecular weight is 424 g/mol. The zero-order chi connectivity index (χ0) is 21.1. The fourth-order valence-corrected chi connectivity index (χ4v) is 3.83. The molecule has 0 spiro atoms. The minimum atomic E-state index is -0.542. The third-order valence-corrected chi connectivity index (χ3v) is 5.28. The Hall–Kier alpha value is -3.59. The maximum atomic E-state index is 13.5. The maximum Gasteiger partial charge on any atom is 0.275 e. The molecule has 0 aliphatic carbocycles. The fraction of sp³-hybridized carbons (Fsp3) is 0.143. The molecular formula is C21H17FN4O3S. The van der Waals surface area contributed by atoms with E-state index >= 15 is 0 Å². The van der Waals surface area contributed by atoms with Crippen molar-refractivity contribution < 1.29 is 13.9 Å². The number of carbonyl (C=O) groups is 1. The van der Waals surface area contributed by atoms with E-state index in [0.717, 1.165) is 11.1 Å². The lowest BCUT2D eigenvalue weighted by Gasteiger charge is -2.07. The van der Waals surface area contributed by atoms with Crippen LogP contribution in [-0.2, 0) is 11.3 Å². The van der Waals surface area contributed by atoms with E-state index in [1.54, 1.807) is 6.07 Å². The van der Waals surface area contributed by atoms with Crippen molar-refractivity contribution in [2.24, 2.45) is 0 Å². The molecule has 0 fully saturated rings. The molecule has 0 aliphatic heterocycles. The van der Waals surface area contributed by atoms with Crippen molar-refractivity contribution in [2.75, 3.05) is 6.61 Å². The van der Waals surface area contributed by atoms with E-state index in [9.17, 15) is 14.0 Å². The van der Waals surface area contributed by atoms with Gasteiger partial charge in [0.1, 0.15) is 5.01 Å². The molecule has 0 radical (unpaired) electrons. The molecule has 2 aromatic carbocycles. The Labute approximate surface area is 174 Å². The quantitative estimate of drug-likeness (QED) is 0.514. The third-order valence-electron chi connectivity index (χ3n) is 4.34. The highest BCUT2D eigenvalue weighted by atomic mass is 32.1. The number of hydrogen-bond acceptors (Lipinski definition) is 6. The number of aryl methyl sites for hydroxylation is 1. The van der Waals surface area contributed by atoms with E-state index in [-0.39, 0.29) is 24.5 Å². The van der Waals surface area contributed by atoms with Gasteiger partial charge in [-0.25, -0.2) is 9.37 Å². The summed E-state index contributed by atoms with van der Waals surface area (Å²) in [6, 6.07) is 14.9. The summed E-state index contributed by atoms with van der Waals surface area (Å²) in [6.07, 6.45) is 0. The lowest BCUT2D eigenvalue weighted by Crippen LogP contribution is -2.29. The number of para-hydroxylation sites is 1. The molecule has 7 nitrogen and oxygen atoms in total. The topological polar surface area (TPSA) is 85.6 Å². The van der Waals surface area contributed by atoms with Gasteiger partial charge in [0, 0.05) is 11.6 Å². The van der Waals surface area contributed by atoms with Gasteiger partial charge in [0.15, 0.2) is 18.2 Å². The molecule has 0 bridgehead atoms. The van der Waals surface area contributed by atoms with Gasteiger partial charge in [-0.15, -0.1) is 0 Å². The number of hydrogen-bond donors (Lipinski definition) is 1.